The Morgan fingerprint density at radius 3 is 2.58 bits per heavy atom. The Labute approximate surface area is 120 Å². The fourth-order valence-electron chi connectivity index (χ4n) is 1.78. The summed E-state index contributed by atoms with van der Waals surface area (Å²) in [6.45, 7) is 7.85. The summed E-state index contributed by atoms with van der Waals surface area (Å²) < 4.78 is 0. The van der Waals surface area contributed by atoms with Gasteiger partial charge >= 0.3 is 0 Å². The molecule has 0 atom stereocenters. The lowest BCUT2D eigenvalue weighted by molar-refractivity contribution is -0.129. The van der Waals surface area contributed by atoms with Crippen LogP contribution in [0.25, 0.3) is 0 Å². The summed E-state index contributed by atoms with van der Waals surface area (Å²) in [5, 5.41) is 9.70. The second-order valence-electron chi connectivity index (χ2n) is 5.62. The van der Waals surface area contributed by atoms with Crippen molar-refractivity contribution in [2.75, 3.05) is 19.3 Å². The van der Waals surface area contributed by atoms with E-state index in [1.165, 1.54) is 11.1 Å². The normalized spacial score (nSPS) is 11.5. The number of rotatable bonds is 5. The minimum atomic E-state index is -0.853. The molecular weight excluding hydrogens is 258 g/mol. The zero-order valence-corrected chi connectivity index (χ0v) is 13.2. The lowest BCUT2D eigenvalue weighted by Crippen LogP contribution is -2.40. The van der Waals surface area contributed by atoms with Crippen LogP contribution in [0.15, 0.2) is 23.1 Å². The van der Waals surface area contributed by atoms with Crippen molar-refractivity contribution in [2.24, 2.45) is 0 Å². The fraction of sp³-hybridized carbons (Fsp3) is 0.533. The molecule has 106 valence electrons. The number of carbonyl (C=O) groups excluding carboxylic acids is 1. The van der Waals surface area contributed by atoms with E-state index in [2.05, 4.69) is 18.2 Å². The van der Waals surface area contributed by atoms with Gasteiger partial charge in [-0.1, -0.05) is 17.7 Å². The first kappa shape index (κ1) is 16.1. The monoisotopic (exact) mass is 281 g/mol. The zero-order valence-electron chi connectivity index (χ0n) is 12.4. The molecular formula is C15H23NO2S. The van der Waals surface area contributed by atoms with Crippen LogP contribution in [-0.4, -0.2) is 40.9 Å². The zero-order chi connectivity index (χ0) is 14.6. The van der Waals surface area contributed by atoms with E-state index in [1.54, 1.807) is 37.6 Å². The second kappa shape index (κ2) is 6.44. The molecule has 1 aromatic carbocycles. The number of likely N-dealkylation sites (N-methyl/N-ethyl adjacent to an activating group) is 1. The summed E-state index contributed by atoms with van der Waals surface area (Å²) in [5.41, 5.74) is 1.54. The molecule has 0 fully saturated rings. The average Bonchev–Trinajstić information content (AvgIpc) is 2.27. The maximum atomic E-state index is 12.0. The lowest BCUT2D eigenvalue weighted by atomic mass is 10.1. The molecule has 19 heavy (non-hydrogen) atoms. The van der Waals surface area contributed by atoms with Crippen molar-refractivity contribution in [1.29, 1.82) is 0 Å². The highest BCUT2D eigenvalue weighted by Gasteiger charge is 2.19. The van der Waals surface area contributed by atoms with Crippen molar-refractivity contribution in [3.05, 3.63) is 29.3 Å². The molecule has 0 heterocycles. The number of nitrogens with zero attached hydrogens (tertiary/aromatic N) is 1. The van der Waals surface area contributed by atoms with Crippen molar-refractivity contribution >= 4 is 17.7 Å². The van der Waals surface area contributed by atoms with E-state index in [0.717, 1.165) is 4.90 Å². The van der Waals surface area contributed by atoms with Crippen LogP contribution in [0.2, 0.25) is 0 Å². The number of carbonyl (C=O) groups is 1. The molecule has 1 amide bonds. The molecule has 0 saturated heterocycles. The van der Waals surface area contributed by atoms with Gasteiger partial charge in [0.2, 0.25) is 5.91 Å². The Hall–Kier alpha value is -1.00. The molecule has 0 aliphatic rings. The SMILES string of the molecule is Cc1ccc(C)c(SCC(=O)N(C)CC(C)(C)O)c1. The number of hydrogen-bond acceptors (Lipinski definition) is 3. The van der Waals surface area contributed by atoms with Crippen LogP contribution in [-0.2, 0) is 4.79 Å². The predicted octanol–water partition coefficient (Wildman–Crippen LogP) is 2.62. The lowest BCUT2D eigenvalue weighted by Gasteiger charge is -2.25. The number of benzene rings is 1. The first-order chi connectivity index (χ1) is 8.69. The highest BCUT2D eigenvalue weighted by molar-refractivity contribution is 8.00. The number of aryl methyl sites for hydroxylation is 2. The number of aliphatic hydroxyl groups is 1. The van der Waals surface area contributed by atoms with Gasteiger partial charge in [-0.15, -0.1) is 11.8 Å². The maximum absolute atomic E-state index is 12.0. The molecule has 0 aromatic heterocycles. The Morgan fingerprint density at radius 1 is 1.37 bits per heavy atom. The molecule has 0 aliphatic carbocycles. The molecule has 0 unspecified atom stereocenters. The van der Waals surface area contributed by atoms with Gasteiger partial charge in [0.25, 0.3) is 0 Å². The Morgan fingerprint density at radius 2 is 2.00 bits per heavy atom. The van der Waals surface area contributed by atoms with Gasteiger partial charge < -0.3 is 10.0 Å². The predicted molar refractivity (Wildman–Crippen MR) is 80.6 cm³/mol. The van der Waals surface area contributed by atoms with E-state index >= 15 is 0 Å². The van der Waals surface area contributed by atoms with Gasteiger partial charge in [0.05, 0.1) is 11.4 Å². The average molecular weight is 281 g/mol. The topological polar surface area (TPSA) is 40.5 Å². The van der Waals surface area contributed by atoms with Crippen molar-refractivity contribution < 1.29 is 9.90 Å². The van der Waals surface area contributed by atoms with Gasteiger partial charge in [-0.25, -0.2) is 0 Å². The molecule has 4 heteroatoms. The maximum Gasteiger partial charge on any atom is 0.232 e. The molecule has 1 rings (SSSR count). The molecule has 0 radical (unpaired) electrons. The smallest absolute Gasteiger partial charge is 0.232 e. The Balaban J connectivity index is 2.57. The summed E-state index contributed by atoms with van der Waals surface area (Å²) in [6, 6.07) is 6.24. The van der Waals surface area contributed by atoms with Crippen LogP contribution in [0.3, 0.4) is 0 Å². The van der Waals surface area contributed by atoms with Crippen LogP contribution in [0.5, 0.6) is 0 Å². The summed E-state index contributed by atoms with van der Waals surface area (Å²) in [6.07, 6.45) is 0. The van der Waals surface area contributed by atoms with E-state index in [4.69, 9.17) is 0 Å². The third-order valence-corrected chi connectivity index (χ3v) is 3.89. The molecule has 0 spiro atoms. The second-order valence-corrected chi connectivity index (χ2v) is 6.64. The van der Waals surface area contributed by atoms with Crippen LogP contribution in [0.1, 0.15) is 25.0 Å². The van der Waals surface area contributed by atoms with Crippen LogP contribution < -0.4 is 0 Å². The van der Waals surface area contributed by atoms with E-state index in [0.29, 0.717) is 12.3 Å². The molecule has 1 N–H and O–H groups in total. The first-order valence-electron chi connectivity index (χ1n) is 6.35. The van der Waals surface area contributed by atoms with Crippen LogP contribution in [0.4, 0.5) is 0 Å². The molecule has 0 aliphatic heterocycles. The quantitative estimate of drug-likeness (QED) is 0.844. The summed E-state index contributed by atoms with van der Waals surface area (Å²) >= 11 is 1.55. The highest BCUT2D eigenvalue weighted by atomic mass is 32.2. The Kier molecular flexibility index (Phi) is 5.44. The minimum Gasteiger partial charge on any atom is -0.389 e. The van der Waals surface area contributed by atoms with Gasteiger partial charge in [0, 0.05) is 18.5 Å². The van der Waals surface area contributed by atoms with E-state index in [1.807, 2.05) is 13.8 Å². The molecule has 0 bridgehead atoms. The van der Waals surface area contributed by atoms with E-state index < -0.39 is 5.60 Å². The van der Waals surface area contributed by atoms with Crippen molar-refractivity contribution in [3.8, 4) is 0 Å². The summed E-state index contributed by atoms with van der Waals surface area (Å²) in [4.78, 5) is 14.7. The van der Waals surface area contributed by atoms with Gasteiger partial charge in [-0.05, 0) is 39.3 Å². The van der Waals surface area contributed by atoms with Gasteiger partial charge in [0.15, 0.2) is 0 Å². The fourth-order valence-corrected chi connectivity index (χ4v) is 2.85. The first-order valence-corrected chi connectivity index (χ1v) is 7.34. The van der Waals surface area contributed by atoms with Gasteiger partial charge in [-0.3, -0.25) is 4.79 Å². The van der Waals surface area contributed by atoms with Crippen LogP contribution >= 0.6 is 11.8 Å². The minimum absolute atomic E-state index is 0.0352. The largest absolute Gasteiger partial charge is 0.389 e. The number of hydrogen-bond donors (Lipinski definition) is 1. The highest BCUT2D eigenvalue weighted by Crippen LogP contribution is 2.23. The summed E-state index contributed by atoms with van der Waals surface area (Å²) in [7, 11) is 1.73. The van der Waals surface area contributed by atoms with E-state index in [9.17, 15) is 9.90 Å². The number of thioether (sulfide) groups is 1. The van der Waals surface area contributed by atoms with Crippen LogP contribution in [0, 0.1) is 13.8 Å². The third-order valence-electron chi connectivity index (χ3n) is 2.74. The standard InChI is InChI=1S/C15H23NO2S/c1-11-6-7-12(2)13(8-11)19-9-14(17)16(5)10-15(3,4)18/h6-8,18H,9-10H2,1-5H3. The summed E-state index contributed by atoms with van der Waals surface area (Å²) in [5.74, 6) is 0.435. The Bertz CT molecular complexity index is 452. The third kappa shape index (κ3) is 5.66. The molecule has 3 nitrogen and oxygen atoms in total. The van der Waals surface area contributed by atoms with Crippen molar-refractivity contribution in [2.45, 2.75) is 38.2 Å². The van der Waals surface area contributed by atoms with E-state index in [-0.39, 0.29) is 5.91 Å². The van der Waals surface area contributed by atoms with Gasteiger partial charge in [0.1, 0.15) is 0 Å². The van der Waals surface area contributed by atoms with Crippen molar-refractivity contribution in [3.63, 3.8) is 0 Å². The van der Waals surface area contributed by atoms with Gasteiger partial charge in [-0.2, -0.15) is 0 Å². The number of amides is 1. The van der Waals surface area contributed by atoms with Crippen molar-refractivity contribution in [1.82, 2.24) is 4.90 Å². The molecule has 0 saturated carbocycles. The molecule has 1 aromatic rings.